The molecule has 3 rings (SSSR count). The molecule has 1 aliphatic carbocycles. The van der Waals surface area contributed by atoms with Gasteiger partial charge in [0.25, 0.3) is 5.91 Å². The predicted molar refractivity (Wildman–Crippen MR) is 82.3 cm³/mol. The highest BCUT2D eigenvalue weighted by atomic mass is 35.5. The van der Waals surface area contributed by atoms with Gasteiger partial charge in [-0.1, -0.05) is 17.7 Å². The molecule has 0 saturated heterocycles. The number of rotatable bonds is 2. The van der Waals surface area contributed by atoms with E-state index in [9.17, 15) is 4.79 Å². The molecule has 3 nitrogen and oxygen atoms in total. The Morgan fingerprint density at radius 1 is 1.10 bits per heavy atom. The van der Waals surface area contributed by atoms with Crippen molar-refractivity contribution in [3.63, 3.8) is 0 Å². The van der Waals surface area contributed by atoms with Gasteiger partial charge in [-0.2, -0.15) is 0 Å². The Morgan fingerprint density at radius 2 is 1.90 bits per heavy atom. The number of aryl methyl sites for hydroxylation is 2. The second-order valence-corrected chi connectivity index (χ2v) is 5.46. The van der Waals surface area contributed by atoms with E-state index in [-0.39, 0.29) is 5.91 Å². The maximum atomic E-state index is 12.3. The number of fused-ring (bicyclic) bond motifs is 1. The Kier molecular flexibility index (Phi) is 3.36. The van der Waals surface area contributed by atoms with Crippen LogP contribution in [0.1, 0.15) is 27.9 Å². The molecule has 1 aliphatic rings. The maximum absolute atomic E-state index is 12.3. The van der Waals surface area contributed by atoms with E-state index in [2.05, 4.69) is 5.32 Å². The Labute approximate surface area is 122 Å². The molecule has 2 aromatic carbocycles. The lowest BCUT2D eigenvalue weighted by Gasteiger charge is -2.09. The van der Waals surface area contributed by atoms with Gasteiger partial charge in [-0.25, -0.2) is 0 Å². The fraction of sp³-hybridized carbons (Fsp3) is 0.188. The van der Waals surface area contributed by atoms with Crippen molar-refractivity contribution >= 4 is 28.9 Å². The number of nitrogens with two attached hydrogens (primary N) is 1. The highest BCUT2D eigenvalue weighted by Gasteiger charge is 2.14. The first-order chi connectivity index (χ1) is 9.63. The lowest BCUT2D eigenvalue weighted by Crippen LogP contribution is -2.13. The topological polar surface area (TPSA) is 55.1 Å². The summed E-state index contributed by atoms with van der Waals surface area (Å²) in [6.45, 7) is 0. The van der Waals surface area contributed by atoms with Gasteiger partial charge < -0.3 is 11.1 Å². The van der Waals surface area contributed by atoms with Crippen LogP contribution in [0, 0.1) is 0 Å². The second-order valence-electron chi connectivity index (χ2n) is 5.02. The summed E-state index contributed by atoms with van der Waals surface area (Å²) < 4.78 is 0. The van der Waals surface area contributed by atoms with E-state index >= 15 is 0 Å². The number of amides is 1. The normalized spacial score (nSPS) is 13.1. The molecule has 0 aromatic heterocycles. The van der Waals surface area contributed by atoms with Gasteiger partial charge >= 0.3 is 0 Å². The van der Waals surface area contributed by atoms with E-state index in [1.807, 2.05) is 18.2 Å². The molecule has 0 saturated carbocycles. The van der Waals surface area contributed by atoms with Gasteiger partial charge in [-0.15, -0.1) is 0 Å². The molecule has 102 valence electrons. The molecule has 0 radical (unpaired) electrons. The summed E-state index contributed by atoms with van der Waals surface area (Å²) in [6.07, 6.45) is 3.33. The smallest absolute Gasteiger partial charge is 0.255 e. The molecule has 20 heavy (non-hydrogen) atoms. The van der Waals surface area contributed by atoms with Gasteiger partial charge in [0.15, 0.2) is 0 Å². The van der Waals surface area contributed by atoms with Gasteiger partial charge in [-0.05, 0) is 60.7 Å². The lowest BCUT2D eigenvalue weighted by atomic mass is 10.1. The van der Waals surface area contributed by atoms with Crippen LogP contribution in [0.25, 0.3) is 0 Å². The van der Waals surface area contributed by atoms with Crippen molar-refractivity contribution in [3.05, 3.63) is 58.1 Å². The third-order valence-corrected chi connectivity index (χ3v) is 3.86. The fourth-order valence-corrected chi connectivity index (χ4v) is 2.72. The molecular weight excluding hydrogens is 272 g/mol. The number of halogens is 1. The average molecular weight is 287 g/mol. The Bertz CT molecular complexity index is 682. The van der Waals surface area contributed by atoms with E-state index in [0.717, 1.165) is 12.8 Å². The average Bonchev–Trinajstić information content (AvgIpc) is 2.90. The molecule has 2 aromatic rings. The van der Waals surface area contributed by atoms with Crippen LogP contribution >= 0.6 is 11.6 Å². The number of nitrogens with one attached hydrogen (secondary N) is 1. The quantitative estimate of drug-likeness (QED) is 0.828. The molecule has 0 aliphatic heterocycles. The number of anilines is 2. The van der Waals surface area contributed by atoms with E-state index in [4.69, 9.17) is 17.3 Å². The maximum Gasteiger partial charge on any atom is 0.255 e. The Morgan fingerprint density at radius 3 is 2.75 bits per heavy atom. The summed E-state index contributed by atoms with van der Waals surface area (Å²) in [5, 5.41) is 3.35. The number of benzene rings is 2. The molecule has 3 N–H and O–H groups in total. The minimum atomic E-state index is -0.159. The van der Waals surface area contributed by atoms with Gasteiger partial charge in [0, 0.05) is 10.6 Å². The standard InChI is InChI=1S/C16H15ClN2O/c17-13-6-7-14(18)15(9-13)19-16(20)12-5-4-10-2-1-3-11(10)8-12/h4-9H,1-3,18H2,(H,19,20). The van der Waals surface area contributed by atoms with Crippen LogP contribution < -0.4 is 11.1 Å². The van der Waals surface area contributed by atoms with E-state index < -0.39 is 0 Å². The van der Waals surface area contributed by atoms with E-state index in [1.165, 1.54) is 17.5 Å². The van der Waals surface area contributed by atoms with Crippen LogP contribution in [0.4, 0.5) is 11.4 Å². The van der Waals surface area contributed by atoms with Crippen LogP contribution in [0.3, 0.4) is 0 Å². The number of carbonyl (C=O) groups is 1. The highest BCUT2D eigenvalue weighted by molar-refractivity contribution is 6.31. The van der Waals surface area contributed by atoms with E-state index in [1.54, 1.807) is 18.2 Å². The van der Waals surface area contributed by atoms with Gasteiger partial charge in [0.2, 0.25) is 0 Å². The summed E-state index contributed by atoms with van der Waals surface area (Å²) in [6, 6.07) is 10.9. The Hall–Kier alpha value is -2.00. The van der Waals surface area contributed by atoms with Crippen molar-refractivity contribution < 1.29 is 4.79 Å². The van der Waals surface area contributed by atoms with Crippen LogP contribution in [-0.4, -0.2) is 5.91 Å². The summed E-state index contributed by atoms with van der Waals surface area (Å²) >= 11 is 5.92. The first-order valence-electron chi connectivity index (χ1n) is 6.61. The highest BCUT2D eigenvalue weighted by Crippen LogP contribution is 2.25. The first kappa shape index (κ1) is 13.0. The largest absolute Gasteiger partial charge is 0.397 e. The first-order valence-corrected chi connectivity index (χ1v) is 6.99. The van der Waals surface area contributed by atoms with Crippen LogP contribution in [0.2, 0.25) is 5.02 Å². The summed E-state index contributed by atoms with van der Waals surface area (Å²) in [7, 11) is 0. The molecule has 0 atom stereocenters. The van der Waals surface area contributed by atoms with Crippen molar-refractivity contribution in [1.82, 2.24) is 0 Å². The van der Waals surface area contributed by atoms with Crippen molar-refractivity contribution in [3.8, 4) is 0 Å². The molecule has 0 bridgehead atoms. The molecular formula is C16H15ClN2O. The minimum absolute atomic E-state index is 0.159. The summed E-state index contributed by atoms with van der Waals surface area (Å²) in [5.41, 5.74) is 10.2. The van der Waals surface area contributed by atoms with Crippen LogP contribution in [0.15, 0.2) is 36.4 Å². The third kappa shape index (κ3) is 2.49. The van der Waals surface area contributed by atoms with Gasteiger partial charge in [0.1, 0.15) is 0 Å². The molecule has 0 heterocycles. The number of hydrogen-bond donors (Lipinski definition) is 2. The van der Waals surface area contributed by atoms with Crippen molar-refractivity contribution in [1.29, 1.82) is 0 Å². The molecule has 1 amide bonds. The lowest BCUT2D eigenvalue weighted by molar-refractivity contribution is 0.102. The SMILES string of the molecule is Nc1ccc(Cl)cc1NC(=O)c1ccc2c(c1)CCC2. The molecule has 4 heteroatoms. The molecule has 0 fully saturated rings. The zero-order chi connectivity index (χ0) is 14.1. The van der Waals surface area contributed by atoms with Crippen LogP contribution in [0.5, 0.6) is 0 Å². The Balaban J connectivity index is 1.84. The van der Waals surface area contributed by atoms with Crippen molar-refractivity contribution in [2.75, 3.05) is 11.1 Å². The summed E-state index contributed by atoms with van der Waals surface area (Å²) in [4.78, 5) is 12.3. The third-order valence-electron chi connectivity index (χ3n) is 3.62. The van der Waals surface area contributed by atoms with Gasteiger partial charge in [0.05, 0.1) is 11.4 Å². The van der Waals surface area contributed by atoms with Crippen LogP contribution in [-0.2, 0) is 12.8 Å². The minimum Gasteiger partial charge on any atom is -0.397 e. The molecule has 0 unspecified atom stereocenters. The van der Waals surface area contributed by atoms with Crippen molar-refractivity contribution in [2.45, 2.75) is 19.3 Å². The van der Waals surface area contributed by atoms with Gasteiger partial charge in [-0.3, -0.25) is 4.79 Å². The molecule has 0 spiro atoms. The zero-order valence-electron chi connectivity index (χ0n) is 10.9. The summed E-state index contributed by atoms with van der Waals surface area (Å²) in [5.74, 6) is -0.159. The van der Waals surface area contributed by atoms with E-state index in [0.29, 0.717) is 22.0 Å². The zero-order valence-corrected chi connectivity index (χ0v) is 11.7. The number of carbonyl (C=O) groups excluding carboxylic acids is 1. The monoisotopic (exact) mass is 286 g/mol. The fourth-order valence-electron chi connectivity index (χ4n) is 2.54. The number of nitrogen functional groups attached to an aromatic ring is 1. The second kappa shape index (κ2) is 5.17. The predicted octanol–water partition coefficient (Wildman–Crippen LogP) is 3.66. The van der Waals surface area contributed by atoms with Crippen molar-refractivity contribution in [2.24, 2.45) is 0 Å². The number of hydrogen-bond acceptors (Lipinski definition) is 2.